The van der Waals surface area contributed by atoms with E-state index in [2.05, 4.69) is 34.1 Å². The molecule has 24 heavy (non-hydrogen) atoms. The van der Waals surface area contributed by atoms with E-state index in [4.69, 9.17) is 0 Å². The molecule has 4 heteroatoms. The largest absolute Gasteiger partial charge is 0.372 e. The predicted molar refractivity (Wildman–Crippen MR) is 97.2 cm³/mol. The molecule has 1 saturated heterocycles. The number of nitrogens with zero attached hydrogens (tertiary/aromatic N) is 3. The van der Waals surface area contributed by atoms with Crippen LogP contribution < -0.4 is 4.90 Å². The van der Waals surface area contributed by atoms with Crippen LogP contribution in [-0.2, 0) is 17.6 Å². The minimum absolute atomic E-state index is 0.165. The number of hydrogen-bond acceptors (Lipinski definition) is 3. The van der Waals surface area contributed by atoms with E-state index in [1.807, 2.05) is 24.1 Å². The molecule has 126 valence electrons. The van der Waals surface area contributed by atoms with E-state index in [1.165, 1.54) is 24.1 Å². The second kappa shape index (κ2) is 7.95. The number of benzene rings is 1. The third-order valence-corrected chi connectivity index (χ3v) is 4.67. The summed E-state index contributed by atoms with van der Waals surface area (Å²) >= 11 is 0. The highest BCUT2D eigenvalue weighted by Gasteiger charge is 2.13. The Kier molecular flexibility index (Phi) is 5.47. The van der Waals surface area contributed by atoms with Crippen molar-refractivity contribution in [2.75, 3.05) is 31.6 Å². The Morgan fingerprint density at radius 1 is 1.04 bits per heavy atom. The van der Waals surface area contributed by atoms with Crippen LogP contribution >= 0.6 is 0 Å². The summed E-state index contributed by atoms with van der Waals surface area (Å²) in [5.41, 5.74) is 3.56. The maximum absolute atomic E-state index is 12.4. The van der Waals surface area contributed by atoms with Gasteiger partial charge >= 0.3 is 0 Å². The van der Waals surface area contributed by atoms with Crippen LogP contribution in [0.4, 0.5) is 5.69 Å². The minimum Gasteiger partial charge on any atom is -0.372 e. The van der Waals surface area contributed by atoms with E-state index in [-0.39, 0.29) is 5.91 Å². The Labute approximate surface area is 144 Å². The molecule has 0 atom stereocenters. The monoisotopic (exact) mass is 323 g/mol. The number of pyridine rings is 1. The Balaban J connectivity index is 1.50. The van der Waals surface area contributed by atoms with Crippen LogP contribution in [0.5, 0.6) is 0 Å². The molecule has 1 amide bonds. The molecule has 2 aromatic rings. The Morgan fingerprint density at radius 2 is 1.71 bits per heavy atom. The highest BCUT2D eigenvalue weighted by atomic mass is 16.2. The molecule has 1 aromatic heterocycles. The molecule has 0 saturated carbocycles. The van der Waals surface area contributed by atoms with E-state index >= 15 is 0 Å². The van der Waals surface area contributed by atoms with Crippen LogP contribution in [0.2, 0.25) is 0 Å². The normalized spacial score (nSPS) is 14.0. The lowest BCUT2D eigenvalue weighted by Crippen LogP contribution is -2.30. The molecule has 1 fully saturated rings. The van der Waals surface area contributed by atoms with Crippen molar-refractivity contribution in [1.29, 1.82) is 0 Å². The summed E-state index contributed by atoms with van der Waals surface area (Å²) in [5, 5.41) is 0. The third kappa shape index (κ3) is 4.34. The van der Waals surface area contributed by atoms with Gasteiger partial charge in [-0.1, -0.05) is 12.1 Å². The van der Waals surface area contributed by atoms with Gasteiger partial charge in [0.1, 0.15) is 0 Å². The number of rotatable bonds is 6. The molecular formula is C20H25N3O. The van der Waals surface area contributed by atoms with Crippen LogP contribution in [0.3, 0.4) is 0 Å². The Bertz CT molecular complexity index is 648. The zero-order chi connectivity index (χ0) is 16.8. The molecule has 0 spiro atoms. The van der Waals surface area contributed by atoms with Gasteiger partial charge in [0.15, 0.2) is 0 Å². The molecule has 4 nitrogen and oxygen atoms in total. The van der Waals surface area contributed by atoms with Crippen LogP contribution in [0.25, 0.3) is 0 Å². The van der Waals surface area contributed by atoms with Crippen LogP contribution in [0, 0.1) is 0 Å². The van der Waals surface area contributed by atoms with Crippen molar-refractivity contribution >= 4 is 11.6 Å². The fraction of sp³-hybridized carbons (Fsp3) is 0.400. The van der Waals surface area contributed by atoms with Gasteiger partial charge in [0.05, 0.1) is 6.42 Å². The molecule has 2 heterocycles. The second-order valence-corrected chi connectivity index (χ2v) is 6.46. The molecule has 0 bridgehead atoms. The van der Waals surface area contributed by atoms with Gasteiger partial charge in [0.2, 0.25) is 5.91 Å². The van der Waals surface area contributed by atoms with Gasteiger partial charge in [-0.2, -0.15) is 0 Å². The van der Waals surface area contributed by atoms with Gasteiger partial charge in [-0.05, 0) is 54.7 Å². The first-order valence-corrected chi connectivity index (χ1v) is 8.69. The van der Waals surface area contributed by atoms with Gasteiger partial charge in [0, 0.05) is 44.8 Å². The van der Waals surface area contributed by atoms with Crippen molar-refractivity contribution in [2.45, 2.75) is 25.7 Å². The summed E-state index contributed by atoms with van der Waals surface area (Å²) in [4.78, 5) is 20.6. The second-order valence-electron chi connectivity index (χ2n) is 6.46. The summed E-state index contributed by atoms with van der Waals surface area (Å²) in [5.74, 6) is 0.165. The number of aromatic nitrogens is 1. The van der Waals surface area contributed by atoms with Crippen molar-refractivity contribution in [3.63, 3.8) is 0 Å². The average molecular weight is 323 g/mol. The average Bonchev–Trinajstić information content (AvgIpc) is 3.16. The van der Waals surface area contributed by atoms with Crippen LogP contribution in [0.15, 0.2) is 48.8 Å². The molecule has 0 aliphatic carbocycles. The minimum atomic E-state index is 0.165. The predicted octanol–water partition coefficient (Wildman–Crippen LogP) is 2.93. The summed E-state index contributed by atoms with van der Waals surface area (Å²) in [6.07, 6.45) is 7.47. The van der Waals surface area contributed by atoms with Crippen molar-refractivity contribution < 1.29 is 4.79 Å². The Morgan fingerprint density at radius 3 is 2.38 bits per heavy atom. The number of likely N-dealkylation sites (N-methyl/N-ethyl adjacent to an activating group) is 1. The van der Waals surface area contributed by atoms with Crippen LogP contribution in [0.1, 0.15) is 24.0 Å². The van der Waals surface area contributed by atoms with E-state index < -0.39 is 0 Å². The summed E-state index contributed by atoms with van der Waals surface area (Å²) < 4.78 is 0. The van der Waals surface area contributed by atoms with Crippen molar-refractivity contribution in [3.8, 4) is 0 Å². The van der Waals surface area contributed by atoms with Gasteiger partial charge in [-0.15, -0.1) is 0 Å². The molecule has 1 aromatic carbocycles. The maximum Gasteiger partial charge on any atom is 0.226 e. The third-order valence-electron chi connectivity index (χ3n) is 4.67. The SMILES string of the molecule is CN(CCc1ccncc1)C(=O)Cc1ccc(N2CCCC2)cc1. The first kappa shape index (κ1) is 16.5. The fourth-order valence-electron chi connectivity index (χ4n) is 3.08. The molecule has 1 aliphatic rings. The highest BCUT2D eigenvalue weighted by molar-refractivity contribution is 5.78. The molecular weight excluding hydrogens is 298 g/mol. The van der Waals surface area contributed by atoms with E-state index in [0.717, 1.165) is 31.6 Å². The van der Waals surface area contributed by atoms with Gasteiger partial charge < -0.3 is 9.80 Å². The smallest absolute Gasteiger partial charge is 0.226 e. The quantitative estimate of drug-likeness (QED) is 0.820. The van der Waals surface area contributed by atoms with Crippen molar-refractivity contribution in [2.24, 2.45) is 0 Å². The molecule has 0 radical (unpaired) electrons. The number of carbonyl (C=O) groups excluding carboxylic acids is 1. The zero-order valence-corrected chi connectivity index (χ0v) is 14.3. The number of anilines is 1. The van der Waals surface area contributed by atoms with Gasteiger partial charge in [-0.25, -0.2) is 0 Å². The fourth-order valence-corrected chi connectivity index (χ4v) is 3.08. The first-order chi connectivity index (χ1) is 11.7. The summed E-state index contributed by atoms with van der Waals surface area (Å²) in [7, 11) is 1.88. The Hall–Kier alpha value is -2.36. The standard InChI is InChI=1S/C20H25N3O/c1-22(15-10-17-8-11-21-12-9-17)20(24)16-18-4-6-19(7-5-18)23-13-2-3-14-23/h4-9,11-12H,2-3,10,13-16H2,1H3. The maximum atomic E-state index is 12.4. The molecule has 3 rings (SSSR count). The topological polar surface area (TPSA) is 36.4 Å². The van der Waals surface area contributed by atoms with Crippen LogP contribution in [-0.4, -0.2) is 42.5 Å². The highest BCUT2D eigenvalue weighted by Crippen LogP contribution is 2.20. The molecule has 0 unspecified atom stereocenters. The summed E-state index contributed by atoms with van der Waals surface area (Å²) in [6.45, 7) is 3.03. The molecule has 0 N–H and O–H groups in total. The zero-order valence-electron chi connectivity index (χ0n) is 14.3. The van der Waals surface area contributed by atoms with E-state index in [9.17, 15) is 4.79 Å². The number of carbonyl (C=O) groups is 1. The lowest BCUT2D eigenvalue weighted by molar-refractivity contribution is -0.129. The van der Waals surface area contributed by atoms with E-state index in [0.29, 0.717) is 6.42 Å². The van der Waals surface area contributed by atoms with Gasteiger partial charge in [0.25, 0.3) is 0 Å². The first-order valence-electron chi connectivity index (χ1n) is 8.69. The number of hydrogen-bond donors (Lipinski definition) is 0. The lowest BCUT2D eigenvalue weighted by Gasteiger charge is -2.19. The van der Waals surface area contributed by atoms with E-state index in [1.54, 1.807) is 12.4 Å². The van der Waals surface area contributed by atoms with Gasteiger partial charge in [-0.3, -0.25) is 9.78 Å². The lowest BCUT2D eigenvalue weighted by atomic mass is 10.1. The van der Waals surface area contributed by atoms with Crippen molar-refractivity contribution in [1.82, 2.24) is 9.88 Å². The van der Waals surface area contributed by atoms with Crippen molar-refractivity contribution in [3.05, 3.63) is 59.9 Å². The summed E-state index contributed by atoms with van der Waals surface area (Å²) in [6, 6.07) is 12.4. The molecule has 1 aliphatic heterocycles. The number of amides is 1.